The Balaban J connectivity index is 1.97. The van der Waals surface area contributed by atoms with Gasteiger partial charge >= 0.3 is 0 Å². The van der Waals surface area contributed by atoms with Gasteiger partial charge in [0.1, 0.15) is 5.82 Å². The first kappa shape index (κ1) is 14.9. The number of nitrogens with one attached hydrogen (secondary N) is 1. The molecule has 0 atom stereocenters. The molecular weight excluding hydrogens is 335 g/mol. The molecule has 0 heterocycles. The normalized spacial score (nSPS) is 16.0. The maximum Gasteiger partial charge on any atom is 0.241 e. The van der Waals surface area contributed by atoms with Crippen molar-refractivity contribution >= 4 is 26.0 Å². The van der Waals surface area contributed by atoms with Gasteiger partial charge in [-0.3, -0.25) is 0 Å². The predicted octanol–water partition coefficient (Wildman–Crippen LogP) is 1.96. The van der Waals surface area contributed by atoms with Gasteiger partial charge in [0, 0.05) is 23.6 Å². The van der Waals surface area contributed by atoms with E-state index in [1.807, 2.05) is 7.05 Å². The van der Waals surface area contributed by atoms with Crippen LogP contribution in [-0.4, -0.2) is 39.5 Å². The van der Waals surface area contributed by atoms with Crippen LogP contribution in [0.5, 0.6) is 0 Å². The summed E-state index contributed by atoms with van der Waals surface area (Å²) in [5.74, 6) is -0.473. The van der Waals surface area contributed by atoms with Crippen LogP contribution >= 0.6 is 15.9 Å². The van der Waals surface area contributed by atoms with Crippen molar-refractivity contribution in [2.45, 2.75) is 23.8 Å². The molecule has 1 aliphatic rings. The monoisotopic (exact) mass is 350 g/mol. The molecule has 1 aromatic rings. The SMILES string of the molecule is CN(CCNS(=O)(=O)c1ccc(F)cc1Br)C1CC1. The summed E-state index contributed by atoms with van der Waals surface area (Å²) in [5, 5.41) is 0. The Morgan fingerprint density at radius 1 is 1.47 bits per heavy atom. The first-order valence-corrected chi connectivity index (χ1v) is 8.33. The van der Waals surface area contributed by atoms with Crippen molar-refractivity contribution in [2.24, 2.45) is 0 Å². The average Bonchev–Trinajstić information content (AvgIpc) is 3.11. The van der Waals surface area contributed by atoms with Crippen LogP contribution in [-0.2, 0) is 10.0 Å². The number of halogens is 2. The molecular formula is C12H16BrFN2O2S. The Kier molecular flexibility index (Phi) is 4.60. The lowest BCUT2D eigenvalue weighted by molar-refractivity contribution is 0.329. The van der Waals surface area contributed by atoms with Gasteiger partial charge in [-0.1, -0.05) is 0 Å². The van der Waals surface area contributed by atoms with Crippen molar-refractivity contribution in [3.63, 3.8) is 0 Å². The summed E-state index contributed by atoms with van der Waals surface area (Å²) in [6.45, 7) is 1.02. The van der Waals surface area contributed by atoms with E-state index < -0.39 is 15.8 Å². The molecule has 19 heavy (non-hydrogen) atoms. The maximum atomic E-state index is 12.9. The second-order valence-electron chi connectivity index (χ2n) is 4.68. The zero-order chi connectivity index (χ0) is 14.0. The highest BCUT2D eigenvalue weighted by atomic mass is 79.9. The van der Waals surface area contributed by atoms with Crippen molar-refractivity contribution in [1.82, 2.24) is 9.62 Å². The van der Waals surface area contributed by atoms with E-state index in [1.165, 1.54) is 18.9 Å². The van der Waals surface area contributed by atoms with Crippen LogP contribution in [0.15, 0.2) is 27.6 Å². The van der Waals surface area contributed by atoms with Gasteiger partial charge in [-0.25, -0.2) is 17.5 Å². The quantitative estimate of drug-likeness (QED) is 0.853. The molecule has 106 valence electrons. The van der Waals surface area contributed by atoms with Crippen molar-refractivity contribution in [3.8, 4) is 0 Å². The van der Waals surface area contributed by atoms with Crippen molar-refractivity contribution in [1.29, 1.82) is 0 Å². The van der Waals surface area contributed by atoms with Crippen molar-refractivity contribution in [2.75, 3.05) is 20.1 Å². The Morgan fingerprint density at radius 3 is 2.74 bits per heavy atom. The van der Waals surface area contributed by atoms with Crippen LogP contribution in [0.4, 0.5) is 4.39 Å². The van der Waals surface area contributed by atoms with Crippen molar-refractivity contribution < 1.29 is 12.8 Å². The fraction of sp³-hybridized carbons (Fsp3) is 0.500. The second-order valence-corrected chi connectivity index (χ2v) is 7.27. The van der Waals surface area contributed by atoms with E-state index in [2.05, 4.69) is 25.6 Å². The third-order valence-corrected chi connectivity index (χ3v) is 5.55. The van der Waals surface area contributed by atoms with E-state index in [0.717, 1.165) is 12.1 Å². The Labute approximate surface area is 121 Å². The van der Waals surface area contributed by atoms with Crippen LogP contribution in [0, 0.1) is 5.82 Å². The first-order chi connectivity index (χ1) is 8.90. The highest BCUT2D eigenvalue weighted by Gasteiger charge is 2.26. The number of likely N-dealkylation sites (N-methyl/N-ethyl adjacent to an activating group) is 1. The van der Waals surface area contributed by atoms with E-state index in [1.54, 1.807) is 0 Å². The zero-order valence-electron chi connectivity index (χ0n) is 10.6. The highest BCUT2D eigenvalue weighted by Crippen LogP contribution is 2.25. The molecule has 1 saturated carbocycles. The van der Waals surface area contributed by atoms with E-state index in [-0.39, 0.29) is 9.37 Å². The molecule has 0 aromatic heterocycles. The van der Waals surface area contributed by atoms with Gasteiger partial charge in [0.25, 0.3) is 0 Å². The van der Waals surface area contributed by atoms with Gasteiger partial charge in [0.05, 0.1) is 4.90 Å². The maximum absolute atomic E-state index is 12.9. The lowest BCUT2D eigenvalue weighted by atomic mass is 10.3. The molecule has 1 aliphatic carbocycles. The summed E-state index contributed by atoms with van der Waals surface area (Å²) in [6.07, 6.45) is 2.37. The lowest BCUT2D eigenvalue weighted by Gasteiger charge is -2.16. The van der Waals surface area contributed by atoms with E-state index >= 15 is 0 Å². The van der Waals surface area contributed by atoms with Gasteiger partial charge in [-0.15, -0.1) is 0 Å². The van der Waals surface area contributed by atoms with Gasteiger partial charge in [-0.2, -0.15) is 0 Å². The molecule has 7 heteroatoms. The largest absolute Gasteiger partial charge is 0.302 e. The van der Waals surface area contributed by atoms with E-state index in [9.17, 15) is 12.8 Å². The van der Waals surface area contributed by atoms with Gasteiger partial charge in [-0.05, 0) is 54.0 Å². The standard InChI is InChI=1S/C12H16BrFN2O2S/c1-16(10-3-4-10)7-6-15-19(17,18)12-5-2-9(14)8-11(12)13/h2,5,8,10,15H,3-4,6-7H2,1H3. The minimum absolute atomic E-state index is 0.0583. The van der Waals surface area contributed by atoms with Gasteiger partial charge in [0.15, 0.2) is 0 Å². The molecule has 1 N–H and O–H groups in total. The smallest absolute Gasteiger partial charge is 0.241 e. The van der Waals surface area contributed by atoms with E-state index in [4.69, 9.17) is 0 Å². The number of rotatable bonds is 6. The molecule has 2 rings (SSSR count). The predicted molar refractivity (Wildman–Crippen MR) is 74.9 cm³/mol. The Morgan fingerprint density at radius 2 is 2.16 bits per heavy atom. The summed E-state index contributed by atoms with van der Waals surface area (Å²) in [5.41, 5.74) is 0. The molecule has 0 saturated heterocycles. The fourth-order valence-electron chi connectivity index (χ4n) is 1.83. The van der Waals surface area contributed by atoms with Crippen LogP contribution in [0.1, 0.15) is 12.8 Å². The summed E-state index contributed by atoms with van der Waals surface area (Å²) < 4.78 is 39.8. The van der Waals surface area contributed by atoms with Crippen LogP contribution in [0.25, 0.3) is 0 Å². The van der Waals surface area contributed by atoms with E-state index in [0.29, 0.717) is 19.1 Å². The number of hydrogen-bond acceptors (Lipinski definition) is 3. The minimum Gasteiger partial charge on any atom is -0.302 e. The molecule has 0 radical (unpaired) electrons. The van der Waals surface area contributed by atoms with Crippen molar-refractivity contribution in [3.05, 3.63) is 28.5 Å². The van der Waals surface area contributed by atoms with Gasteiger partial charge in [0.2, 0.25) is 10.0 Å². The number of sulfonamides is 1. The summed E-state index contributed by atoms with van der Waals surface area (Å²) in [6, 6.07) is 4.13. The molecule has 0 spiro atoms. The number of nitrogens with zero attached hydrogens (tertiary/aromatic N) is 1. The van der Waals surface area contributed by atoms with Crippen LogP contribution in [0.2, 0.25) is 0 Å². The summed E-state index contributed by atoms with van der Waals surface area (Å²) in [7, 11) is -1.61. The Hall–Kier alpha value is -0.500. The zero-order valence-corrected chi connectivity index (χ0v) is 13.0. The van der Waals surface area contributed by atoms with Crippen LogP contribution < -0.4 is 4.72 Å². The molecule has 0 amide bonds. The third kappa shape index (κ3) is 3.98. The molecule has 4 nitrogen and oxygen atoms in total. The Bertz CT molecular complexity index is 561. The molecule has 1 aromatic carbocycles. The highest BCUT2D eigenvalue weighted by molar-refractivity contribution is 9.10. The fourth-order valence-corrected chi connectivity index (χ4v) is 3.89. The third-order valence-electron chi connectivity index (χ3n) is 3.11. The van der Waals surface area contributed by atoms with Gasteiger partial charge < -0.3 is 4.90 Å². The average molecular weight is 351 g/mol. The number of benzene rings is 1. The lowest BCUT2D eigenvalue weighted by Crippen LogP contribution is -2.34. The molecule has 0 unspecified atom stereocenters. The minimum atomic E-state index is -3.60. The van der Waals surface area contributed by atoms with Crippen LogP contribution in [0.3, 0.4) is 0 Å². The molecule has 1 fully saturated rings. The number of hydrogen-bond donors (Lipinski definition) is 1. The first-order valence-electron chi connectivity index (χ1n) is 6.05. The topological polar surface area (TPSA) is 49.4 Å². The molecule has 0 aliphatic heterocycles. The summed E-state index contributed by atoms with van der Waals surface area (Å²) >= 11 is 3.07. The summed E-state index contributed by atoms with van der Waals surface area (Å²) in [4.78, 5) is 2.20. The second kappa shape index (κ2) is 5.87. The molecule has 0 bridgehead atoms.